The summed E-state index contributed by atoms with van der Waals surface area (Å²) >= 11 is 0. The molecule has 35 heavy (non-hydrogen) atoms. The maximum atomic E-state index is 14.2. The van der Waals surface area contributed by atoms with E-state index in [1.165, 1.54) is 0 Å². The van der Waals surface area contributed by atoms with Crippen LogP contribution < -0.4 is 9.47 Å². The van der Waals surface area contributed by atoms with Crippen molar-refractivity contribution in [2.24, 2.45) is 0 Å². The molecule has 0 aliphatic heterocycles. The van der Waals surface area contributed by atoms with E-state index in [1.54, 1.807) is 26.4 Å². The number of aryl methyl sites for hydroxylation is 1. The molecule has 0 saturated heterocycles. The van der Waals surface area contributed by atoms with Crippen LogP contribution in [0, 0.1) is 6.92 Å². The zero-order valence-electron chi connectivity index (χ0n) is 20.5. The van der Waals surface area contributed by atoms with Gasteiger partial charge in [0, 0.05) is 11.3 Å². The maximum Gasteiger partial charge on any atom is 0.182 e. The van der Waals surface area contributed by atoms with Crippen molar-refractivity contribution in [2.45, 2.75) is 42.2 Å². The number of methoxy groups -OCH3 is 2. The lowest BCUT2D eigenvalue weighted by molar-refractivity contribution is 0.413. The van der Waals surface area contributed by atoms with Crippen LogP contribution in [0.15, 0.2) is 83.8 Å². The molecule has 0 saturated carbocycles. The number of benzene rings is 4. The van der Waals surface area contributed by atoms with Gasteiger partial charge in [-0.25, -0.2) is 8.42 Å². The van der Waals surface area contributed by atoms with Crippen LogP contribution in [0.1, 0.15) is 47.4 Å². The molecular weight excluding hydrogens is 456 g/mol. The normalized spacial score (nSPS) is 19.8. The molecular formula is C30H30O4S. The molecule has 0 amide bonds. The highest BCUT2D eigenvalue weighted by molar-refractivity contribution is 7.92. The maximum absolute atomic E-state index is 14.2. The van der Waals surface area contributed by atoms with Crippen molar-refractivity contribution in [3.05, 3.63) is 101 Å². The second-order valence-electron chi connectivity index (χ2n) is 9.41. The fourth-order valence-corrected chi connectivity index (χ4v) is 7.57. The van der Waals surface area contributed by atoms with Gasteiger partial charge in [0.15, 0.2) is 9.84 Å². The van der Waals surface area contributed by atoms with Crippen LogP contribution in [0.25, 0.3) is 10.8 Å². The number of rotatable bonds is 5. The Morgan fingerprint density at radius 3 is 2.20 bits per heavy atom. The van der Waals surface area contributed by atoms with Crippen LogP contribution in [0.3, 0.4) is 0 Å². The largest absolute Gasteiger partial charge is 0.497 e. The first-order valence-electron chi connectivity index (χ1n) is 11.9. The van der Waals surface area contributed by atoms with Crippen molar-refractivity contribution in [1.29, 1.82) is 0 Å². The van der Waals surface area contributed by atoms with E-state index in [9.17, 15) is 8.42 Å². The van der Waals surface area contributed by atoms with Crippen molar-refractivity contribution >= 4 is 20.6 Å². The highest BCUT2D eigenvalue weighted by Crippen LogP contribution is 2.51. The predicted octanol–water partition coefficient (Wildman–Crippen LogP) is 6.65. The van der Waals surface area contributed by atoms with Gasteiger partial charge in [0.2, 0.25) is 0 Å². The molecule has 0 heterocycles. The SMILES string of the molecule is COc1ccc2c(OC)cc3c(c2c1)[C@@H](c1ccccc1)[C@H](S(=O)(=O)c1ccc(C)cc1)C[C@@H]3C. The lowest BCUT2D eigenvalue weighted by Gasteiger charge is -2.38. The van der Waals surface area contributed by atoms with E-state index in [4.69, 9.17) is 9.47 Å². The topological polar surface area (TPSA) is 52.6 Å². The van der Waals surface area contributed by atoms with Gasteiger partial charge in [-0.1, -0.05) is 55.0 Å². The van der Waals surface area contributed by atoms with Crippen LogP contribution in [-0.4, -0.2) is 27.9 Å². The van der Waals surface area contributed by atoms with E-state index in [-0.39, 0.29) is 11.8 Å². The summed E-state index contributed by atoms with van der Waals surface area (Å²) in [4.78, 5) is 0.375. The molecule has 4 nitrogen and oxygen atoms in total. The quantitative estimate of drug-likeness (QED) is 0.317. The summed E-state index contributed by atoms with van der Waals surface area (Å²) in [7, 11) is -0.287. The monoisotopic (exact) mass is 486 g/mol. The number of ether oxygens (including phenoxy) is 2. The van der Waals surface area contributed by atoms with Gasteiger partial charge >= 0.3 is 0 Å². The van der Waals surface area contributed by atoms with Gasteiger partial charge in [-0.3, -0.25) is 0 Å². The molecule has 4 aromatic rings. The highest BCUT2D eigenvalue weighted by Gasteiger charge is 2.43. The van der Waals surface area contributed by atoms with Gasteiger partial charge in [0.25, 0.3) is 0 Å². The van der Waals surface area contributed by atoms with Crippen LogP contribution in [0.5, 0.6) is 11.5 Å². The summed E-state index contributed by atoms with van der Waals surface area (Å²) in [6.45, 7) is 4.08. The predicted molar refractivity (Wildman–Crippen MR) is 141 cm³/mol. The smallest absolute Gasteiger partial charge is 0.182 e. The third-order valence-corrected chi connectivity index (χ3v) is 9.50. The molecule has 3 atom stereocenters. The summed E-state index contributed by atoms with van der Waals surface area (Å²) < 4.78 is 39.7. The standard InChI is InChI=1S/C30H30O4S/c1-19-10-13-23(14-11-19)35(31,32)28-16-20(2)25-18-27(34-4)24-15-12-22(33-3)17-26(24)30(25)29(28)21-8-6-5-7-9-21/h5-15,17-18,20,28-29H,16H2,1-4H3/t20-,28+,29-/m0/s1. The number of fused-ring (bicyclic) bond motifs is 3. The van der Waals surface area contributed by atoms with Crippen molar-refractivity contribution in [3.63, 3.8) is 0 Å². The fourth-order valence-electron chi connectivity index (χ4n) is 5.51. The van der Waals surface area contributed by atoms with E-state index < -0.39 is 15.1 Å². The first-order valence-corrected chi connectivity index (χ1v) is 13.4. The Morgan fingerprint density at radius 2 is 1.54 bits per heavy atom. The second kappa shape index (κ2) is 9.04. The third kappa shape index (κ3) is 3.98. The van der Waals surface area contributed by atoms with Crippen LogP contribution in [-0.2, 0) is 9.84 Å². The lowest BCUT2D eigenvalue weighted by Crippen LogP contribution is -2.35. The molecule has 0 radical (unpaired) electrons. The molecule has 4 aromatic carbocycles. The molecule has 0 bridgehead atoms. The van der Waals surface area contributed by atoms with Crippen LogP contribution >= 0.6 is 0 Å². The number of hydrogen-bond donors (Lipinski definition) is 0. The van der Waals surface area contributed by atoms with Gasteiger partial charge in [0.05, 0.1) is 24.4 Å². The Morgan fingerprint density at radius 1 is 0.829 bits per heavy atom. The van der Waals surface area contributed by atoms with E-state index in [2.05, 4.69) is 13.0 Å². The lowest BCUT2D eigenvalue weighted by atomic mass is 9.72. The zero-order chi connectivity index (χ0) is 24.7. The minimum atomic E-state index is -3.61. The first-order chi connectivity index (χ1) is 16.8. The van der Waals surface area contributed by atoms with Crippen molar-refractivity contribution in [2.75, 3.05) is 14.2 Å². The first kappa shape index (κ1) is 23.4. The van der Waals surface area contributed by atoms with Gasteiger partial charge in [-0.05, 0) is 77.7 Å². The Kier molecular flexibility index (Phi) is 6.06. The molecule has 5 rings (SSSR count). The van der Waals surface area contributed by atoms with E-state index in [1.807, 2.05) is 67.6 Å². The van der Waals surface area contributed by atoms with E-state index in [0.29, 0.717) is 11.3 Å². The Hall–Kier alpha value is -3.31. The average molecular weight is 487 g/mol. The minimum Gasteiger partial charge on any atom is -0.497 e. The van der Waals surface area contributed by atoms with Crippen LogP contribution in [0.4, 0.5) is 0 Å². The Balaban J connectivity index is 1.83. The summed E-state index contributed by atoms with van der Waals surface area (Å²) in [5.74, 6) is 1.24. The summed E-state index contributed by atoms with van der Waals surface area (Å²) in [6.07, 6.45) is 0.529. The average Bonchev–Trinajstić information content (AvgIpc) is 2.88. The molecule has 5 heteroatoms. The van der Waals surface area contributed by atoms with Gasteiger partial charge in [-0.15, -0.1) is 0 Å². The van der Waals surface area contributed by atoms with Gasteiger partial charge in [-0.2, -0.15) is 0 Å². The van der Waals surface area contributed by atoms with Crippen molar-refractivity contribution in [1.82, 2.24) is 0 Å². The van der Waals surface area contributed by atoms with Crippen molar-refractivity contribution in [3.8, 4) is 11.5 Å². The molecule has 1 aliphatic carbocycles. The zero-order valence-corrected chi connectivity index (χ0v) is 21.3. The Bertz CT molecular complexity index is 1470. The second-order valence-corrected chi connectivity index (χ2v) is 11.6. The third-order valence-electron chi connectivity index (χ3n) is 7.31. The number of hydrogen-bond acceptors (Lipinski definition) is 4. The molecule has 0 aromatic heterocycles. The van der Waals surface area contributed by atoms with E-state index >= 15 is 0 Å². The summed E-state index contributed by atoms with van der Waals surface area (Å²) in [6, 6.07) is 25.3. The molecule has 0 unspecified atom stereocenters. The molecule has 0 N–H and O–H groups in total. The van der Waals surface area contributed by atoms with Crippen molar-refractivity contribution < 1.29 is 17.9 Å². The summed E-state index contributed by atoms with van der Waals surface area (Å²) in [5, 5.41) is 1.33. The molecule has 180 valence electrons. The van der Waals surface area contributed by atoms with E-state index in [0.717, 1.165) is 44.5 Å². The van der Waals surface area contributed by atoms with Crippen LogP contribution in [0.2, 0.25) is 0 Å². The number of sulfone groups is 1. The van der Waals surface area contributed by atoms with Gasteiger partial charge < -0.3 is 9.47 Å². The molecule has 0 fully saturated rings. The minimum absolute atomic E-state index is 0.0414. The Labute approximate surface area is 207 Å². The summed E-state index contributed by atoms with van der Waals surface area (Å²) in [5.41, 5.74) is 4.21. The molecule has 1 aliphatic rings. The highest BCUT2D eigenvalue weighted by atomic mass is 32.2. The van der Waals surface area contributed by atoms with Gasteiger partial charge in [0.1, 0.15) is 11.5 Å². The fraction of sp³-hybridized carbons (Fsp3) is 0.267. The molecule has 0 spiro atoms.